The van der Waals surface area contributed by atoms with Crippen LogP contribution in [0.3, 0.4) is 0 Å². The first-order valence-corrected chi connectivity index (χ1v) is 9.59. The van der Waals surface area contributed by atoms with Crippen molar-refractivity contribution in [1.29, 1.82) is 5.26 Å². The molecule has 28 heavy (non-hydrogen) atoms. The number of hydrazine groups is 1. The predicted octanol–water partition coefficient (Wildman–Crippen LogP) is 0.833. The molecule has 8 heteroatoms. The predicted molar refractivity (Wildman–Crippen MR) is 102 cm³/mol. The smallest absolute Gasteiger partial charge is 0.237 e. The van der Waals surface area contributed by atoms with Gasteiger partial charge in [0.05, 0.1) is 23.5 Å². The Labute approximate surface area is 163 Å². The number of nitrogens with two attached hydrogens (primary N) is 1. The summed E-state index contributed by atoms with van der Waals surface area (Å²) >= 11 is 0. The molecule has 1 aliphatic carbocycles. The van der Waals surface area contributed by atoms with Gasteiger partial charge in [0.2, 0.25) is 5.91 Å². The third-order valence-electron chi connectivity index (χ3n) is 6.13. The van der Waals surface area contributed by atoms with Crippen molar-refractivity contribution in [3.05, 3.63) is 41.6 Å². The number of benzene rings is 1. The van der Waals surface area contributed by atoms with Crippen molar-refractivity contribution < 1.29 is 9.90 Å². The van der Waals surface area contributed by atoms with Crippen molar-refractivity contribution in [1.82, 2.24) is 20.6 Å². The molecule has 1 saturated heterocycles. The van der Waals surface area contributed by atoms with Crippen LogP contribution in [0.5, 0.6) is 0 Å². The van der Waals surface area contributed by atoms with Crippen LogP contribution in [0, 0.1) is 23.2 Å². The third kappa shape index (κ3) is 3.07. The van der Waals surface area contributed by atoms with Crippen molar-refractivity contribution in [2.24, 2.45) is 17.6 Å². The topological polar surface area (TPSA) is 129 Å². The van der Waals surface area contributed by atoms with Gasteiger partial charge in [0.25, 0.3) is 0 Å². The van der Waals surface area contributed by atoms with Crippen molar-refractivity contribution in [2.75, 3.05) is 6.54 Å². The molecular weight excluding hydrogens is 356 g/mol. The van der Waals surface area contributed by atoms with E-state index in [0.717, 1.165) is 36.1 Å². The standard InChI is InChI=1S/C20H24N6O2/c21-8-13-3-1-2-4-14(13)19-17(10-23-26(19)11-27)12-5-6-15-16(7-12)18(9-22)24-25-20(15)28/h1-4,10,12,15-16,18,24,27H,5-7,9,11,22H2,(H,25,28). The van der Waals surface area contributed by atoms with Crippen molar-refractivity contribution in [2.45, 2.75) is 38.0 Å². The highest BCUT2D eigenvalue weighted by Crippen LogP contribution is 2.45. The van der Waals surface area contributed by atoms with Crippen molar-refractivity contribution in [3.8, 4) is 17.3 Å². The van der Waals surface area contributed by atoms with Gasteiger partial charge in [-0.3, -0.25) is 10.2 Å². The summed E-state index contributed by atoms with van der Waals surface area (Å²) in [5.41, 5.74) is 14.8. The van der Waals surface area contributed by atoms with E-state index >= 15 is 0 Å². The molecule has 2 fully saturated rings. The van der Waals surface area contributed by atoms with Crippen LogP contribution in [0.1, 0.15) is 36.3 Å². The summed E-state index contributed by atoms with van der Waals surface area (Å²) in [5.74, 6) is 0.335. The first kappa shape index (κ1) is 18.6. The quantitative estimate of drug-likeness (QED) is 0.622. The molecule has 4 rings (SSSR count). The molecule has 1 aromatic carbocycles. The number of carbonyl (C=O) groups is 1. The van der Waals surface area contributed by atoms with Gasteiger partial charge in [-0.2, -0.15) is 10.4 Å². The number of nitriles is 1. The molecule has 0 spiro atoms. The first-order valence-electron chi connectivity index (χ1n) is 9.59. The maximum atomic E-state index is 12.3. The summed E-state index contributed by atoms with van der Waals surface area (Å²) in [5, 5.41) is 23.7. The average Bonchev–Trinajstić information content (AvgIpc) is 3.17. The van der Waals surface area contributed by atoms with Gasteiger partial charge in [0.15, 0.2) is 0 Å². The van der Waals surface area contributed by atoms with Crippen molar-refractivity contribution in [3.63, 3.8) is 0 Å². The van der Waals surface area contributed by atoms with E-state index in [-0.39, 0.29) is 36.4 Å². The van der Waals surface area contributed by atoms with E-state index in [1.165, 1.54) is 4.68 Å². The van der Waals surface area contributed by atoms with E-state index in [2.05, 4.69) is 22.0 Å². The Morgan fingerprint density at radius 3 is 2.93 bits per heavy atom. The van der Waals surface area contributed by atoms with Crippen LogP contribution in [0.15, 0.2) is 30.5 Å². The van der Waals surface area contributed by atoms with Crippen LogP contribution < -0.4 is 16.6 Å². The minimum absolute atomic E-state index is 0.0335. The van der Waals surface area contributed by atoms with Crippen LogP contribution in [0.25, 0.3) is 11.3 Å². The second-order valence-electron chi connectivity index (χ2n) is 7.50. The molecule has 146 valence electrons. The second-order valence-corrected chi connectivity index (χ2v) is 7.50. The lowest BCUT2D eigenvalue weighted by molar-refractivity contribution is -0.133. The number of aliphatic hydroxyl groups is 1. The van der Waals surface area contributed by atoms with Crippen molar-refractivity contribution >= 4 is 5.91 Å². The molecule has 2 aliphatic rings. The molecule has 2 heterocycles. The number of fused-ring (bicyclic) bond motifs is 1. The van der Waals surface area contributed by atoms with E-state index < -0.39 is 0 Å². The van der Waals surface area contributed by atoms with E-state index in [1.807, 2.05) is 18.2 Å². The van der Waals surface area contributed by atoms with Crippen LogP contribution >= 0.6 is 0 Å². The summed E-state index contributed by atoms with van der Waals surface area (Å²) in [7, 11) is 0. The van der Waals surface area contributed by atoms with Crippen LogP contribution in [0.2, 0.25) is 0 Å². The second kappa shape index (κ2) is 7.72. The number of carbonyl (C=O) groups excluding carboxylic acids is 1. The number of aromatic nitrogens is 2. The van der Waals surface area contributed by atoms with E-state index in [0.29, 0.717) is 12.1 Å². The van der Waals surface area contributed by atoms with E-state index in [1.54, 1.807) is 12.3 Å². The number of hydrogen-bond donors (Lipinski definition) is 4. The highest BCUT2D eigenvalue weighted by atomic mass is 16.3. The molecule has 5 N–H and O–H groups in total. The Balaban J connectivity index is 1.72. The molecule has 1 aromatic heterocycles. The monoisotopic (exact) mass is 380 g/mol. The molecule has 1 amide bonds. The molecule has 1 saturated carbocycles. The van der Waals surface area contributed by atoms with Gasteiger partial charge in [-0.15, -0.1) is 0 Å². The molecule has 0 bridgehead atoms. The number of aliphatic hydroxyl groups excluding tert-OH is 1. The lowest BCUT2D eigenvalue weighted by atomic mass is 9.68. The lowest BCUT2D eigenvalue weighted by Gasteiger charge is -2.43. The zero-order valence-corrected chi connectivity index (χ0v) is 15.5. The largest absolute Gasteiger partial charge is 0.374 e. The number of nitrogens with one attached hydrogen (secondary N) is 2. The molecule has 4 unspecified atom stereocenters. The van der Waals surface area contributed by atoms with Gasteiger partial charge in [-0.05, 0) is 37.2 Å². The fourth-order valence-corrected chi connectivity index (χ4v) is 4.74. The number of nitrogens with zero attached hydrogens (tertiary/aromatic N) is 3. The number of rotatable bonds is 4. The molecule has 4 atom stereocenters. The normalized spacial score (nSPS) is 27.0. The molecule has 2 aromatic rings. The Hall–Kier alpha value is -2.73. The van der Waals surface area contributed by atoms with Gasteiger partial charge in [-0.1, -0.05) is 18.2 Å². The molecule has 8 nitrogen and oxygen atoms in total. The van der Waals surface area contributed by atoms with E-state index in [9.17, 15) is 15.2 Å². The highest BCUT2D eigenvalue weighted by molar-refractivity contribution is 5.79. The van der Waals surface area contributed by atoms with Gasteiger partial charge in [0.1, 0.15) is 6.73 Å². The first-order chi connectivity index (χ1) is 13.7. The Morgan fingerprint density at radius 2 is 2.18 bits per heavy atom. The number of amides is 1. The maximum absolute atomic E-state index is 12.3. The Bertz CT molecular complexity index is 918. The maximum Gasteiger partial charge on any atom is 0.237 e. The van der Waals surface area contributed by atoms with Gasteiger partial charge in [0, 0.05) is 29.6 Å². The van der Waals surface area contributed by atoms with Crippen LogP contribution in [-0.2, 0) is 11.5 Å². The fourth-order valence-electron chi connectivity index (χ4n) is 4.74. The SMILES string of the molecule is N#Cc1ccccc1-c1c(C2CCC3C(=O)NNC(CN)C3C2)cnn1CO. The highest BCUT2D eigenvalue weighted by Gasteiger charge is 2.43. The summed E-state index contributed by atoms with van der Waals surface area (Å²) in [6, 6.07) is 9.62. The average molecular weight is 380 g/mol. The zero-order chi connectivity index (χ0) is 19.7. The minimum Gasteiger partial charge on any atom is -0.374 e. The summed E-state index contributed by atoms with van der Waals surface area (Å²) in [6.07, 6.45) is 4.23. The summed E-state index contributed by atoms with van der Waals surface area (Å²) < 4.78 is 1.53. The van der Waals surface area contributed by atoms with Gasteiger partial charge in [-0.25, -0.2) is 10.1 Å². The Morgan fingerprint density at radius 1 is 1.36 bits per heavy atom. The van der Waals surface area contributed by atoms with Crippen LogP contribution in [0.4, 0.5) is 0 Å². The van der Waals surface area contributed by atoms with Crippen LogP contribution in [-0.4, -0.2) is 33.4 Å². The van der Waals surface area contributed by atoms with E-state index in [4.69, 9.17) is 5.73 Å². The van der Waals surface area contributed by atoms with Gasteiger partial charge < -0.3 is 10.8 Å². The summed E-state index contributed by atoms with van der Waals surface area (Å²) in [4.78, 5) is 12.3. The lowest BCUT2D eigenvalue weighted by Crippen LogP contribution is -2.62. The third-order valence-corrected chi connectivity index (χ3v) is 6.13. The van der Waals surface area contributed by atoms with Gasteiger partial charge >= 0.3 is 0 Å². The fraction of sp³-hybridized carbons (Fsp3) is 0.450. The minimum atomic E-state index is -0.261. The molecule has 1 aliphatic heterocycles. The molecule has 0 radical (unpaired) electrons. The zero-order valence-electron chi connectivity index (χ0n) is 15.5. The Kier molecular flexibility index (Phi) is 5.13. The number of hydrogen-bond acceptors (Lipinski definition) is 6. The summed E-state index contributed by atoms with van der Waals surface area (Å²) in [6.45, 7) is 0.192. The molecular formula is C20H24N6O2.